The van der Waals surface area contributed by atoms with E-state index in [1.807, 2.05) is 70.2 Å². The van der Waals surface area contributed by atoms with Gasteiger partial charge in [-0.3, -0.25) is 4.79 Å². The first-order valence-electron chi connectivity index (χ1n) is 8.49. The lowest BCUT2D eigenvalue weighted by atomic mass is 9.94. The van der Waals surface area contributed by atoms with Crippen molar-refractivity contribution in [3.8, 4) is 5.75 Å². The summed E-state index contributed by atoms with van der Waals surface area (Å²) >= 11 is 0. The highest BCUT2D eigenvalue weighted by atomic mass is 16.5. The number of nitrogens with one attached hydrogen (secondary N) is 1. The number of rotatable bonds is 7. The molecule has 128 valence electrons. The lowest BCUT2D eigenvalue weighted by Crippen LogP contribution is -2.50. The van der Waals surface area contributed by atoms with Crippen molar-refractivity contribution in [1.29, 1.82) is 0 Å². The molecule has 0 saturated heterocycles. The molecule has 2 rings (SSSR count). The van der Waals surface area contributed by atoms with Crippen LogP contribution in [0.15, 0.2) is 54.6 Å². The zero-order valence-electron chi connectivity index (χ0n) is 15.0. The molecule has 24 heavy (non-hydrogen) atoms. The molecule has 1 amide bonds. The van der Waals surface area contributed by atoms with Crippen LogP contribution in [0.3, 0.4) is 0 Å². The van der Waals surface area contributed by atoms with Crippen molar-refractivity contribution in [1.82, 2.24) is 5.32 Å². The van der Waals surface area contributed by atoms with E-state index in [4.69, 9.17) is 4.74 Å². The molecule has 0 bridgehead atoms. The molecule has 0 saturated carbocycles. The topological polar surface area (TPSA) is 38.3 Å². The van der Waals surface area contributed by atoms with Gasteiger partial charge in [0.1, 0.15) is 5.75 Å². The number of carbonyl (C=O) groups is 1. The second-order valence-electron chi connectivity index (χ2n) is 6.82. The van der Waals surface area contributed by atoms with Gasteiger partial charge in [0.05, 0.1) is 0 Å². The molecule has 3 heteroatoms. The summed E-state index contributed by atoms with van der Waals surface area (Å²) in [4.78, 5) is 12.7. The Morgan fingerprint density at radius 3 is 2.33 bits per heavy atom. The van der Waals surface area contributed by atoms with Gasteiger partial charge in [-0.25, -0.2) is 0 Å². The van der Waals surface area contributed by atoms with Crippen molar-refractivity contribution in [2.24, 2.45) is 0 Å². The van der Waals surface area contributed by atoms with Gasteiger partial charge in [0.15, 0.2) is 6.10 Å². The number of hydrogen-bond acceptors (Lipinski definition) is 2. The van der Waals surface area contributed by atoms with Gasteiger partial charge in [-0.15, -0.1) is 0 Å². The van der Waals surface area contributed by atoms with Crippen LogP contribution >= 0.6 is 0 Å². The quantitative estimate of drug-likeness (QED) is 0.824. The van der Waals surface area contributed by atoms with Crippen LogP contribution in [0.2, 0.25) is 0 Å². The van der Waals surface area contributed by atoms with E-state index in [2.05, 4.69) is 17.4 Å². The Morgan fingerprint density at radius 2 is 1.71 bits per heavy atom. The van der Waals surface area contributed by atoms with Gasteiger partial charge in [-0.05, 0) is 50.8 Å². The van der Waals surface area contributed by atoms with Crippen molar-refractivity contribution in [3.63, 3.8) is 0 Å². The van der Waals surface area contributed by atoms with Crippen LogP contribution in [0.4, 0.5) is 0 Å². The summed E-state index contributed by atoms with van der Waals surface area (Å²) < 4.78 is 5.94. The van der Waals surface area contributed by atoms with E-state index in [0.29, 0.717) is 6.42 Å². The number of para-hydroxylation sites is 1. The monoisotopic (exact) mass is 325 g/mol. The predicted octanol–water partition coefficient (Wildman–Crippen LogP) is 4.29. The molecule has 3 nitrogen and oxygen atoms in total. The summed E-state index contributed by atoms with van der Waals surface area (Å²) in [6, 6.07) is 18.0. The van der Waals surface area contributed by atoms with E-state index < -0.39 is 6.10 Å². The fourth-order valence-electron chi connectivity index (χ4n) is 2.73. The lowest BCUT2D eigenvalue weighted by Gasteiger charge is -2.29. The molecular weight excluding hydrogens is 298 g/mol. The molecular formula is C21H27NO2. The van der Waals surface area contributed by atoms with Crippen LogP contribution in [-0.2, 0) is 11.2 Å². The molecule has 0 unspecified atom stereocenters. The normalized spacial score (nSPS) is 12.5. The molecule has 0 aliphatic rings. The van der Waals surface area contributed by atoms with Crippen molar-refractivity contribution >= 4 is 5.91 Å². The van der Waals surface area contributed by atoms with Crippen LogP contribution in [-0.4, -0.2) is 17.6 Å². The summed E-state index contributed by atoms with van der Waals surface area (Å²) in [5.41, 5.74) is 1.91. The average Bonchev–Trinajstić information content (AvgIpc) is 2.54. The van der Waals surface area contributed by atoms with Gasteiger partial charge in [-0.1, -0.05) is 55.5 Å². The Bertz CT molecular complexity index is 665. The second kappa shape index (κ2) is 8.00. The maximum atomic E-state index is 12.7. The highest BCUT2D eigenvalue weighted by Crippen LogP contribution is 2.20. The van der Waals surface area contributed by atoms with Gasteiger partial charge in [0, 0.05) is 5.54 Å². The number of amides is 1. The van der Waals surface area contributed by atoms with E-state index in [0.717, 1.165) is 17.7 Å². The Morgan fingerprint density at radius 1 is 1.08 bits per heavy atom. The molecule has 0 aliphatic heterocycles. The molecule has 0 fully saturated rings. The Labute approximate surface area is 145 Å². The number of aryl methyl sites for hydroxylation is 1. The van der Waals surface area contributed by atoms with E-state index in [9.17, 15) is 4.79 Å². The SMILES string of the molecule is CC[C@H](Oc1ccccc1C)C(=O)NC(C)(C)Cc1ccccc1. The molecule has 1 atom stereocenters. The maximum Gasteiger partial charge on any atom is 0.261 e. The van der Waals surface area contributed by atoms with Gasteiger partial charge in [-0.2, -0.15) is 0 Å². The first-order valence-corrected chi connectivity index (χ1v) is 8.49. The van der Waals surface area contributed by atoms with E-state index in [-0.39, 0.29) is 11.4 Å². The summed E-state index contributed by atoms with van der Waals surface area (Å²) in [6.45, 7) is 8.03. The number of hydrogen-bond donors (Lipinski definition) is 1. The molecule has 0 heterocycles. The largest absolute Gasteiger partial charge is 0.480 e. The minimum Gasteiger partial charge on any atom is -0.480 e. The fourth-order valence-corrected chi connectivity index (χ4v) is 2.73. The van der Waals surface area contributed by atoms with Gasteiger partial charge < -0.3 is 10.1 Å². The zero-order chi connectivity index (χ0) is 17.6. The summed E-state index contributed by atoms with van der Waals surface area (Å²) in [6.07, 6.45) is 0.920. The van der Waals surface area contributed by atoms with Crippen molar-refractivity contribution < 1.29 is 9.53 Å². The first kappa shape index (κ1) is 18.1. The molecule has 0 aliphatic carbocycles. The minimum absolute atomic E-state index is 0.0679. The molecule has 0 aromatic heterocycles. The third kappa shape index (κ3) is 5.12. The third-order valence-electron chi connectivity index (χ3n) is 3.98. The van der Waals surface area contributed by atoms with Gasteiger partial charge >= 0.3 is 0 Å². The minimum atomic E-state index is -0.485. The molecule has 0 spiro atoms. The second-order valence-corrected chi connectivity index (χ2v) is 6.82. The first-order chi connectivity index (χ1) is 11.4. The Kier molecular flexibility index (Phi) is 6.02. The van der Waals surface area contributed by atoms with E-state index in [1.165, 1.54) is 5.56 Å². The number of carbonyl (C=O) groups excluding carboxylic acids is 1. The predicted molar refractivity (Wildman–Crippen MR) is 98.3 cm³/mol. The smallest absolute Gasteiger partial charge is 0.261 e. The van der Waals surface area contributed by atoms with Gasteiger partial charge in [0.25, 0.3) is 5.91 Å². The molecule has 0 radical (unpaired) electrons. The standard InChI is InChI=1S/C21H27NO2/c1-5-18(24-19-14-10-9-11-16(19)2)20(23)22-21(3,4)15-17-12-7-6-8-13-17/h6-14,18H,5,15H2,1-4H3,(H,22,23)/t18-/m0/s1. The van der Waals surface area contributed by atoms with Crippen LogP contribution < -0.4 is 10.1 Å². The summed E-state index contributed by atoms with van der Waals surface area (Å²) in [7, 11) is 0. The van der Waals surface area contributed by atoms with Crippen LogP contribution in [0, 0.1) is 6.92 Å². The van der Waals surface area contributed by atoms with Crippen LogP contribution in [0.5, 0.6) is 5.75 Å². The van der Waals surface area contributed by atoms with Crippen molar-refractivity contribution in [3.05, 3.63) is 65.7 Å². The average molecular weight is 325 g/mol. The fraction of sp³-hybridized carbons (Fsp3) is 0.381. The van der Waals surface area contributed by atoms with Crippen LogP contribution in [0.25, 0.3) is 0 Å². The van der Waals surface area contributed by atoms with Crippen LogP contribution in [0.1, 0.15) is 38.3 Å². The summed E-state index contributed by atoms with van der Waals surface area (Å²) in [5, 5.41) is 3.13. The number of benzene rings is 2. The van der Waals surface area contributed by atoms with Crippen molar-refractivity contribution in [2.75, 3.05) is 0 Å². The highest BCUT2D eigenvalue weighted by Gasteiger charge is 2.26. The molecule has 1 N–H and O–H groups in total. The van der Waals surface area contributed by atoms with Crippen molar-refractivity contribution in [2.45, 2.75) is 52.2 Å². The highest BCUT2D eigenvalue weighted by molar-refractivity contribution is 5.81. The van der Waals surface area contributed by atoms with E-state index >= 15 is 0 Å². The Balaban J connectivity index is 2.01. The maximum absolute atomic E-state index is 12.7. The van der Waals surface area contributed by atoms with Gasteiger partial charge in [0.2, 0.25) is 0 Å². The third-order valence-corrected chi connectivity index (χ3v) is 3.98. The zero-order valence-corrected chi connectivity index (χ0v) is 15.0. The number of ether oxygens (including phenoxy) is 1. The summed E-state index contributed by atoms with van der Waals surface area (Å²) in [5.74, 6) is 0.696. The Hall–Kier alpha value is -2.29. The molecule has 2 aromatic rings. The lowest BCUT2D eigenvalue weighted by molar-refractivity contribution is -0.129. The molecule has 2 aromatic carbocycles. The van der Waals surface area contributed by atoms with E-state index in [1.54, 1.807) is 0 Å².